The van der Waals surface area contributed by atoms with Crippen LogP contribution < -0.4 is 5.32 Å². The van der Waals surface area contributed by atoms with Crippen LogP contribution in [0.15, 0.2) is 36.4 Å². The summed E-state index contributed by atoms with van der Waals surface area (Å²) in [5.41, 5.74) is 2.43. The summed E-state index contributed by atoms with van der Waals surface area (Å²) < 4.78 is 26.3. The Kier molecular flexibility index (Phi) is 4.05. The molecule has 0 amide bonds. The van der Waals surface area contributed by atoms with Gasteiger partial charge in [0.1, 0.15) is 11.6 Å². The molecule has 1 N–H and O–H groups in total. The van der Waals surface area contributed by atoms with E-state index in [-0.39, 0.29) is 6.04 Å². The lowest BCUT2D eigenvalue weighted by atomic mass is 10.1. The molecule has 0 aliphatic heterocycles. The van der Waals surface area contributed by atoms with E-state index in [1.165, 1.54) is 12.1 Å². The Bertz CT molecular complexity index is 578. The minimum Gasteiger partial charge on any atom is -0.378 e. The van der Waals surface area contributed by atoms with Gasteiger partial charge in [-0.05, 0) is 55.3 Å². The maximum absolute atomic E-state index is 13.2. The molecule has 2 aromatic carbocycles. The zero-order valence-corrected chi connectivity index (χ0v) is 11.4. The highest BCUT2D eigenvalue weighted by atomic mass is 35.5. The van der Waals surface area contributed by atoms with Crippen LogP contribution in [0.1, 0.15) is 24.1 Å². The van der Waals surface area contributed by atoms with E-state index in [9.17, 15) is 8.78 Å². The lowest BCUT2D eigenvalue weighted by molar-refractivity contribution is 0.577. The summed E-state index contributed by atoms with van der Waals surface area (Å²) in [4.78, 5) is 0. The van der Waals surface area contributed by atoms with Crippen LogP contribution in [0, 0.1) is 18.6 Å². The summed E-state index contributed by atoms with van der Waals surface area (Å²) in [6.07, 6.45) is 0. The lowest BCUT2D eigenvalue weighted by Gasteiger charge is -2.18. The molecule has 1 atom stereocenters. The van der Waals surface area contributed by atoms with E-state index in [2.05, 4.69) is 5.32 Å². The molecule has 2 rings (SSSR count). The van der Waals surface area contributed by atoms with Crippen molar-refractivity contribution in [2.75, 3.05) is 5.32 Å². The fourth-order valence-electron chi connectivity index (χ4n) is 1.93. The normalized spacial score (nSPS) is 12.3. The number of hydrogen-bond donors (Lipinski definition) is 1. The van der Waals surface area contributed by atoms with Gasteiger partial charge in [-0.3, -0.25) is 0 Å². The second-order valence-electron chi connectivity index (χ2n) is 4.53. The highest BCUT2D eigenvalue weighted by molar-refractivity contribution is 6.30. The number of halogens is 3. The number of aryl methyl sites for hydroxylation is 1. The third-order valence-electron chi connectivity index (χ3n) is 2.95. The third-order valence-corrected chi connectivity index (χ3v) is 3.18. The number of hydrogen-bond acceptors (Lipinski definition) is 1. The van der Waals surface area contributed by atoms with Gasteiger partial charge in [0.25, 0.3) is 0 Å². The summed E-state index contributed by atoms with van der Waals surface area (Å²) >= 11 is 5.89. The van der Waals surface area contributed by atoms with Crippen molar-refractivity contribution in [2.45, 2.75) is 19.9 Å². The molecule has 0 fully saturated rings. The second-order valence-corrected chi connectivity index (χ2v) is 4.96. The average Bonchev–Trinajstić information content (AvgIpc) is 2.31. The molecule has 0 saturated heterocycles. The monoisotopic (exact) mass is 281 g/mol. The molecule has 0 aliphatic rings. The molecule has 0 bridgehead atoms. The largest absolute Gasteiger partial charge is 0.378 e. The molecular formula is C15H14ClF2N. The van der Waals surface area contributed by atoms with Crippen molar-refractivity contribution in [3.63, 3.8) is 0 Å². The standard InChI is InChI=1S/C15H14ClF2N/c1-9-5-12(16)3-4-15(9)19-10(2)11-6-13(17)8-14(18)7-11/h3-8,10,19H,1-2H3. The van der Waals surface area contributed by atoms with E-state index in [0.29, 0.717) is 10.6 Å². The zero-order valence-electron chi connectivity index (χ0n) is 10.7. The van der Waals surface area contributed by atoms with Gasteiger partial charge < -0.3 is 5.32 Å². The van der Waals surface area contributed by atoms with Gasteiger partial charge in [0.2, 0.25) is 0 Å². The predicted octanol–water partition coefficient (Wildman–Crippen LogP) is 5.10. The third kappa shape index (κ3) is 3.44. The highest BCUT2D eigenvalue weighted by Crippen LogP contribution is 2.25. The molecule has 0 spiro atoms. The van der Waals surface area contributed by atoms with Crippen LogP contribution in [0.4, 0.5) is 14.5 Å². The molecule has 0 heterocycles. The molecule has 100 valence electrons. The SMILES string of the molecule is Cc1cc(Cl)ccc1NC(C)c1cc(F)cc(F)c1. The number of nitrogens with one attached hydrogen (secondary N) is 1. The molecule has 2 aromatic rings. The van der Waals surface area contributed by atoms with Crippen molar-refractivity contribution >= 4 is 17.3 Å². The summed E-state index contributed by atoms with van der Waals surface area (Å²) in [7, 11) is 0. The first kappa shape index (κ1) is 13.8. The second kappa shape index (κ2) is 5.57. The lowest BCUT2D eigenvalue weighted by Crippen LogP contribution is -2.08. The van der Waals surface area contributed by atoms with E-state index in [0.717, 1.165) is 17.3 Å². The van der Waals surface area contributed by atoms with Crippen molar-refractivity contribution in [1.82, 2.24) is 0 Å². The number of benzene rings is 2. The van der Waals surface area contributed by atoms with Gasteiger partial charge in [-0.1, -0.05) is 11.6 Å². The molecule has 1 unspecified atom stereocenters. The van der Waals surface area contributed by atoms with Gasteiger partial charge >= 0.3 is 0 Å². The Morgan fingerprint density at radius 2 is 1.68 bits per heavy atom. The first-order chi connectivity index (χ1) is 8.95. The first-order valence-corrected chi connectivity index (χ1v) is 6.32. The molecule has 1 nitrogen and oxygen atoms in total. The Morgan fingerprint density at radius 1 is 1.05 bits per heavy atom. The fourth-order valence-corrected chi connectivity index (χ4v) is 2.16. The Morgan fingerprint density at radius 3 is 2.26 bits per heavy atom. The van der Waals surface area contributed by atoms with Gasteiger partial charge in [0.05, 0.1) is 0 Å². The minimum atomic E-state index is -0.573. The van der Waals surface area contributed by atoms with Crippen molar-refractivity contribution in [1.29, 1.82) is 0 Å². The Hall–Kier alpha value is -1.61. The maximum atomic E-state index is 13.2. The van der Waals surface area contributed by atoms with Crippen LogP contribution in [0.25, 0.3) is 0 Å². The van der Waals surface area contributed by atoms with Gasteiger partial charge in [-0.25, -0.2) is 8.78 Å². The Labute approximate surface area is 116 Å². The quantitative estimate of drug-likeness (QED) is 0.825. The van der Waals surface area contributed by atoms with E-state index in [4.69, 9.17) is 11.6 Å². The van der Waals surface area contributed by atoms with Crippen LogP contribution in [-0.2, 0) is 0 Å². The van der Waals surface area contributed by atoms with Gasteiger partial charge in [-0.15, -0.1) is 0 Å². The molecule has 0 aromatic heterocycles. The average molecular weight is 282 g/mol. The summed E-state index contributed by atoms with van der Waals surface area (Å²) in [5, 5.41) is 3.88. The molecular weight excluding hydrogens is 268 g/mol. The van der Waals surface area contributed by atoms with Gasteiger partial charge in [-0.2, -0.15) is 0 Å². The van der Waals surface area contributed by atoms with Gasteiger partial charge in [0, 0.05) is 22.8 Å². The fraction of sp³-hybridized carbons (Fsp3) is 0.200. The highest BCUT2D eigenvalue weighted by Gasteiger charge is 2.10. The first-order valence-electron chi connectivity index (χ1n) is 5.94. The molecule has 0 radical (unpaired) electrons. The van der Waals surface area contributed by atoms with E-state index < -0.39 is 11.6 Å². The van der Waals surface area contributed by atoms with Gasteiger partial charge in [0.15, 0.2) is 0 Å². The van der Waals surface area contributed by atoms with Crippen LogP contribution in [0.2, 0.25) is 5.02 Å². The number of anilines is 1. The molecule has 0 aliphatic carbocycles. The topological polar surface area (TPSA) is 12.0 Å². The smallest absolute Gasteiger partial charge is 0.126 e. The van der Waals surface area contributed by atoms with Crippen LogP contribution in [-0.4, -0.2) is 0 Å². The van der Waals surface area contributed by atoms with E-state index in [1.807, 2.05) is 26.0 Å². The van der Waals surface area contributed by atoms with Crippen molar-refractivity contribution in [3.05, 3.63) is 64.2 Å². The van der Waals surface area contributed by atoms with Crippen molar-refractivity contribution in [2.24, 2.45) is 0 Å². The van der Waals surface area contributed by atoms with E-state index in [1.54, 1.807) is 6.07 Å². The van der Waals surface area contributed by atoms with Crippen molar-refractivity contribution < 1.29 is 8.78 Å². The number of rotatable bonds is 3. The minimum absolute atomic E-state index is 0.204. The summed E-state index contributed by atoms with van der Waals surface area (Å²) in [5.74, 6) is -1.15. The summed E-state index contributed by atoms with van der Waals surface area (Å²) in [6.45, 7) is 3.77. The Balaban J connectivity index is 2.22. The molecule has 19 heavy (non-hydrogen) atoms. The van der Waals surface area contributed by atoms with Crippen LogP contribution in [0.5, 0.6) is 0 Å². The van der Waals surface area contributed by atoms with Crippen LogP contribution in [0.3, 0.4) is 0 Å². The maximum Gasteiger partial charge on any atom is 0.126 e. The molecule has 4 heteroatoms. The zero-order chi connectivity index (χ0) is 14.0. The van der Waals surface area contributed by atoms with Crippen LogP contribution >= 0.6 is 11.6 Å². The molecule has 0 saturated carbocycles. The predicted molar refractivity (Wildman–Crippen MR) is 74.6 cm³/mol. The van der Waals surface area contributed by atoms with E-state index >= 15 is 0 Å². The summed E-state index contributed by atoms with van der Waals surface area (Å²) in [6, 6.07) is 8.77. The van der Waals surface area contributed by atoms with Crippen molar-refractivity contribution in [3.8, 4) is 0 Å².